The lowest BCUT2D eigenvalue weighted by Gasteiger charge is -2.33. The summed E-state index contributed by atoms with van der Waals surface area (Å²) in [5, 5.41) is 4.38. The number of rotatable bonds is 5. The summed E-state index contributed by atoms with van der Waals surface area (Å²) in [5.41, 5.74) is 1.57. The van der Waals surface area contributed by atoms with Gasteiger partial charge in [-0.2, -0.15) is 5.10 Å². The first-order chi connectivity index (χ1) is 15.5. The number of carbonyl (C=O) groups is 3. The minimum atomic E-state index is -0.363. The zero-order valence-electron chi connectivity index (χ0n) is 18.3. The molecule has 1 aromatic carbocycles. The lowest BCUT2D eigenvalue weighted by Crippen LogP contribution is -2.50. The molecule has 2 aromatic rings. The molecular formula is C22H27N5O5. The third kappa shape index (κ3) is 4.25. The van der Waals surface area contributed by atoms with E-state index in [0.29, 0.717) is 58.1 Å². The number of carbonyl (C=O) groups excluding carboxylic acids is 3. The van der Waals surface area contributed by atoms with E-state index in [1.165, 1.54) is 0 Å². The van der Waals surface area contributed by atoms with Gasteiger partial charge >= 0.3 is 6.09 Å². The highest BCUT2D eigenvalue weighted by atomic mass is 16.6. The summed E-state index contributed by atoms with van der Waals surface area (Å²) in [6.45, 7) is 5.12. The second-order valence-electron chi connectivity index (χ2n) is 7.65. The number of para-hydroxylation sites is 1. The predicted octanol–water partition coefficient (Wildman–Crippen LogP) is 1.46. The van der Waals surface area contributed by atoms with Gasteiger partial charge in [0.15, 0.2) is 5.69 Å². The lowest BCUT2D eigenvalue weighted by atomic mass is 10.1. The molecule has 0 spiro atoms. The third-order valence-electron chi connectivity index (χ3n) is 5.73. The smallest absolute Gasteiger partial charge is 0.409 e. The van der Waals surface area contributed by atoms with Crippen LogP contribution in [0.2, 0.25) is 0 Å². The van der Waals surface area contributed by atoms with Gasteiger partial charge in [0, 0.05) is 50.9 Å². The number of hydrogen-bond donors (Lipinski definition) is 0. The van der Waals surface area contributed by atoms with Gasteiger partial charge in [0.2, 0.25) is 0 Å². The van der Waals surface area contributed by atoms with Crippen molar-refractivity contribution in [3.8, 4) is 5.75 Å². The van der Waals surface area contributed by atoms with Crippen molar-refractivity contribution < 1.29 is 23.9 Å². The fourth-order valence-corrected chi connectivity index (χ4v) is 4.00. The van der Waals surface area contributed by atoms with E-state index >= 15 is 0 Å². The highest BCUT2D eigenvalue weighted by Gasteiger charge is 2.31. The normalized spacial score (nSPS) is 16.1. The Morgan fingerprint density at radius 3 is 2.47 bits per heavy atom. The van der Waals surface area contributed by atoms with Crippen molar-refractivity contribution in [2.24, 2.45) is 0 Å². The maximum Gasteiger partial charge on any atom is 0.409 e. The van der Waals surface area contributed by atoms with E-state index in [-0.39, 0.29) is 23.6 Å². The number of amides is 3. The van der Waals surface area contributed by atoms with Gasteiger partial charge in [-0.3, -0.25) is 14.3 Å². The zero-order valence-corrected chi connectivity index (χ0v) is 18.3. The second kappa shape index (κ2) is 9.29. The SMILES string of the molecule is CCOC(=O)N1CCN(C(=O)c2cc3n(n2)CCN(Cc2ccccc2OC)C3=O)CC1. The van der Waals surface area contributed by atoms with E-state index in [2.05, 4.69) is 5.10 Å². The average molecular weight is 441 g/mol. The molecule has 0 bridgehead atoms. The number of benzene rings is 1. The van der Waals surface area contributed by atoms with Gasteiger partial charge in [-0.05, 0) is 13.0 Å². The first kappa shape index (κ1) is 21.7. The third-order valence-corrected chi connectivity index (χ3v) is 5.73. The molecule has 3 amide bonds. The summed E-state index contributed by atoms with van der Waals surface area (Å²) < 4.78 is 12.0. The molecule has 3 heterocycles. The molecule has 4 rings (SSSR count). The van der Waals surface area contributed by atoms with E-state index in [4.69, 9.17) is 9.47 Å². The lowest BCUT2D eigenvalue weighted by molar-refractivity contribution is 0.0564. The molecule has 1 fully saturated rings. The topological polar surface area (TPSA) is 97.2 Å². The van der Waals surface area contributed by atoms with Crippen LogP contribution in [-0.4, -0.2) is 88.8 Å². The zero-order chi connectivity index (χ0) is 22.7. The Labute approximate surface area is 186 Å². The van der Waals surface area contributed by atoms with E-state index in [1.807, 2.05) is 24.3 Å². The summed E-state index contributed by atoms with van der Waals surface area (Å²) in [7, 11) is 1.61. The molecule has 0 unspecified atom stereocenters. The van der Waals surface area contributed by atoms with Crippen molar-refractivity contribution in [1.82, 2.24) is 24.5 Å². The van der Waals surface area contributed by atoms with E-state index in [9.17, 15) is 14.4 Å². The van der Waals surface area contributed by atoms with Crippen LogP contribution in [0.3, 0.4) is 0 Å². The summed E-state index contributed by atoms with van der Waals surface area (Å²) in [5.74, 6) is 0.331. The molecule has 32 heavy (non-hydrogen) atoms. The van der Waals surface area contributed by atoms with Crippen LogP contribution >= 0.6 is 0 Å². The van der Waals surface area contributed by atoms with Crippen LogP contribution < -0.4 is 4.74 Å². The highest BCUT2D eigenvalue weighted by molar-refractivity contribution is 5.98. The van der Waals surface area contributed by atoms with E-state index < -0.39 is 0 Å². The van der Waals surface area contributed by atoms with Crippen molar-refractivity contribution >= 4 is 17.9 Å². The number of hydrogen-bond acceptors (Lipinski definition) is 6. The van der Waals surface area contributed by atoms with Gasteiger partial charge in [0.05, 0.1) is 20.3 Å². The Morgan fingerprint density at radius 2 is 1.75 bits per heavy atom. The number of piperazine rings is 1. The van der Waals surface area contributed by atoms with Gasteiger partial charge in [0.25, 0.3) is 11.8 Å². The van der Waals surface area contributed by atoms with Gasteiger partial charge in [-0.1, -0.05) is 18.2 Å². The average Bonchev–Trinajstić information content (AvgIpc) is 3.26. The van der Waals surface area contributed by atoms with Crippen LogP contribution in [-0.2, 0) is 17.8 Å². The summed E-state index contributed by atoms with van der Waals surface area (Å²) in [6, 6.07) is 9.17. The second-order valence-corrected chi connectivity index (χ2v) is 7.65. The van der Waals surface area contributed by atoms with Gasteiger partial charge in [0.1, 0.15) is 11.4 Å². The standard InChI is InChI=1S/C22H27N5O5/c1-3-32-22(30)25-10-8-24(9-11-25)20(28)17-14-18-21(29)26(12-13-27(18)23-17)15-16-6-4-5-7-19(16)31-2/h4-7,14H,3,8-13,15H2,1-2H3. The molecule has 2 aliphatic rings. The largest absolute Gasteiger partial charge is 0.496 e. The molecule has 1 aromatic heterocycles. The van der Waals surface area contributed by atoms with E-state index in [0.717, 1.165) is 11.3 Å². The molecule has 0 radical (unpaired) electrons. The Hall–Kier alpha value is -3.56. The molecule has 10 nitrogen and oxygen atoms in total. The van der Waals surface area contributed by atoms with Crippen molar-refractivity contribution in [2.75, 3.05) is 46.4 Å². The van der Waals surface area contributed by atoms with Gasteiger partial charge in [-0.15, -0.1) is 0 Å². The van der Waals surface area contributed by atoms with Gasteiger partial charge in [-0.25, -0.2) is 4.79 Å². The molecule has 170 valence electrons. The van der Waals surface area contributed by atoms with Crippen LogP contribution in [0.4, 0.5) is 4.79 Å². The number of fused-ring (bicyclic) bond motifs is 1. The Balaban J connectivity index is 1.42. The molecule has 0 aliphatic carbocycles. The number of methoxy groups -OCH3 is 1. The first-order valence-electron chi connectivity index (χ1n) is 10.7. The molecule has 0 N–H and O–H groups in total. The van der Waals surface area contributed by atoms with Crippen molar-refractivity contribution in [3.05, 3.63) is 47.3 Å². The van der Waals surface area contributed by atoms with Crippen LogP contribution in [0.15, 0.2) is 30.3 Å². The number of ether oxygens (including phenoxy) is 2. The quantitative estimate of drug-likeness (QED) is 0.697. The van der Waals surface area contributed by atoms with Crippen LogP contribution in [0.5, 0.6) is 5.75 Å². The van der Waals surface area contributed by atoms with Gasteiger partial charge < -0.3 is 24.2 Å². The van der Waals surface area contributed by atoms with Crippen molar-refractivity contribution in [2.45, 2.75) is 20.0 Å². The highest BCUT2D eigenvalue weighted by Crippen LogP contribution is 2.23. The number of nitrogens with zero attached hydrogens (tertiary/aromatic N) is 5. The van der Waals surface area contributed by atoms with E-state index in [1.54, 1.807) is 39.5 Å². The van der Waals surface area contributed by atoms with Crippen LogP contribution in [0, 0.1) is 0 Å². The molecule has 2 aliphatic heterocycles. The number of aromatic nitrogens is 2. The molecule has 0 atom stereocenters. The van der Waals surface area contributed by atoms with Crippen LogP contribution in [0.25, 0.3) is 0 Å². The Morgan fingerprint density at radius 1 is 1.03 bits per heavy atom. The summed E-state index contributed by atoms with van der Waals surface area (Å²) in [4.78, 5) is 42.8. The molecule has 10 heteroatoms. The van der Waals surface area contributed by atoms with Crippen molar-refractivity contribution in [3.63, 3.8) is 0 Å². The van der Waals surface area contributed by atoms with Crippen molar-refractivity contribution in [1.29, 1.82) is 0 Å². The summed E-state index contributed by atoms with van der Waals surface area (Å²) >= 11 is 0. The monoisotopic (exact) mass is 441 g/mol. The molecule has 0 saturated carbocycles. The fraction of sp³-hybridized carbons (Fsp3) is 0.455. The summed E-state index contributed by atoms with van der Waals surface area (Å²) in [6.07, 6.45) is -0.363. The minimum absolute atomic E-state index is 0.166. The Kier molecular flexibility index (Phi) is 6.29. The molecule has 1 saturated heterocycles. The molecular weight excluding hydrogens is 414 g/mol. The minimum Gasteiger partial charge on any atom is -0.496 e. The maximum atomic E-state index is 13.1. The Bertz CT molecular complexity index is 1010. The van der Waals surface area contributed by atoms with Crippen LogP contribution in [0.1, 0.15) is 33.5 Å². The maximum absolute atomic E-state index is 13.1. The fourth-order valence-electron chi connectivity index (χ4n) is 4.00. The first-order valence-corrected chi connectivity index (χ1v) is 10.7. The predicted molar refractivity (Wildman–Crippen MR) is 114 cm³/mol.